The molecule has 0 aliphatic rings. The molecule has 2 aromatic heterocycles. The Morgan fingerprint density at radius 1 is 1.53 bits per heavy atom. The van der Waals surface area contributed by atoms with Gasteiger partial charge in [0.15, 0.2) is 5.75 Å². The summed E-state index contributed by atoms with van der Waals surface area (Å²) in [6.45, 7) is 4.18. The number of carbonyl (C=O) groups excluding carboxylic acids is 2. The summed E-state index contributed by atoms with van der Waals surface area (Å²) >= 11 is 0. The molecule has 0 aromatic carbocycles. The van der Waals surface area contributed by atoms with Gasteiger partial charge in [0.2, 0.25) is 0 Å². The standard InChI is InChI=1S/C12H13N3O4/c1-3-18-11(17)5-9-12-10(19-7-16)4-8(2)15(12)14-6-13-9/h4,6-7H,3,5H2,1-2H3. The fourth-order valence-electron chi connectivity index (χ4n) is 1.84. The first-order valence-electron chi connectivity index (χ1n) is 5.75. The Hall–Kier alpha value is -2.44. The fraction of sp³-hybridized carbons (Fsp3) is 0.333. The third-order valence-electron chi connectivity index (χ3n) is 2.57. The van der Waals surface area contributed by atoms with Crippen LogP contribution in [0.15, 0.2) is 12.4 Å². The smallest absolute Gasteiger partial charge is 0.311 e. The van der Waals surface area contributed by atoms with Crippen LogP contribution in [0.5, 0.6) is 5.75 Å². The minimum absolute atomic E-state index is 0.00146. The van der Waals surface area contributed by atoms with Gasteiger partial charge < -0.3 is 9.47 Å². The molecule has 0 amide bonds. The summed E-state index contributed by atoms with van der Waals surface area (Å²) in [5, 5.41) is 4.06. The highest BCUT2D eigenvalue weighted by molar-refractivity contribution is 5.78. The van der Waals surface area contributed by atoms with Crippen molar-refractivity contribution < 1.29 is 19.1 Å². The number of nitrogens with zero attached hydrogens (tertiary/aromatic N) is 3. The maximum atomic E-state index is 11.5. The molecule has 2 rings (SSSR count). The Labute approximate surface area is 109 Å². The normalized spacial score (nSPS) is 10.4. The number of ether oxygens (including phenoxy) is 2. The second kappa shape index (κ2) is 5.47. The number of rotatable bonds is 5. The van der Waals surface area contributed by atoms with Crippen molar-refractivity contribution in [2.24, 2.45) is 0 Å². The molecule has 0 unspecified atom stereocenters. The van der Waals surface area contributed by atoms with Crippen LogP contribution in [-0.2, 0) is 20.7 Å². The van der Waals surface area contributed by atoms with E-state index >= 15 is 0 Å². The second-order valence-corrected chi connectivity index (χ2v) is 3.81. The molecule has 0 spiro atoms. The molecule has 7 heteroatoms. The Bertz CT molecular complexity index is 621. The molecule has 0 bridgehead atoms. The van der Waals surface area contributed by atoms with Crippen LogP contribution in [0.1, 0.15) is 18.3 Å². The monoisotopic (exact) mass is 263 g/mol. The Balaban J connectivity index is 2.48. The maximum Gasteiger partial charge on any atom is 0.311 e. The lowest BCUT2D eigenvalue weighted by Gasteiger charge is -2.05. The van der Waals surface area contributed by atoms with Crippen LogP contribution >= 0.6 is 0 Å². The van der Waals surface area contributed by atoms with Gasteiger partial charge in [-0.25, -0.2) is 9.50 Å². The minimum Gasteiger partial charge on any atom is -0.466 e. The molecule has 0 atom stereocenters. The highest BCUT2D eigenvalue weighted by Gasteiger charge is 2.16. The fourth-order valence-corrected chi connectivity index (χ4v) is 1.84. The lowest BCUT2D eigenvalue weighted by atomic mass is 10.2. The topological polar surface area (TPSA) is 82.8 Å². The third-order valence-corrected chi connectivity index (χ3v) is 2.57. The molecule has 2 heterocycles. The maximum absolute atomic E-state index is 11.5. The number of hydrogen-bond donors (Lipinski definition) is 0. The largest absolute Gasteiger partial charge is 0.466 e. The van der Waals surface area contributed by atoms with Gasteiger partial charge in [-0.05, 0) is 13.8 Å². The molecule has 0 fully saturated rings. The molecule has 0 saturated heterocycles. The van der Waals surface area contributed by atoms with E-state index in [0.717, 1.165) is 5.69 Å². The van der Waals surface area contributed by atoms with Gasteiger partial charge >= 0.3 is 5.97 Å². The number of aryl methyl sites for hydroxylation is 1. The van der Waals surface area contributed by atoms with E-state index in [0.29, 0.717) is 30.0 Å². The van der Waals surface area contributed by atoms with Crippen molar-refractivity contribution in [3.05, 3.63) is 23.8 Å². The van der Waals surface area contributed by atoms with Crippen molar-refractivity contribution in [3.63, 3.8) is 0 Å². The number of carbonyl (C=O) groups is 2. The highest BCUT2D eigenvalue weighted by Crippen LogP contribution is 2.25. The first-order valence-corrected chi connectivity index (χ1v) is 5.75. The molecular formula is C12H13N3O4. The molecule has 7 nitrogen and oxygen atoms in total. The van der Waals surface area contributed by atoms with Crippen LogP contribution < -0.4 is 4.74 Å². The zero-order chi connectivity index (χ0) is 13.8. The van der Waals surface area contributed by atoms with Crippen molar-refractivity contribution in [1.82, 2.24) is 14.6 Å². The van der Waals surface area contributed by atoms with Crippen LogP contribution in [0.4, 0.5) is 0 Å². The molecular weight excluding hydrogens is 250 g/mol. The van der Waals surface area contributed by atoms with E-state index < -0.39 is 0 Å². The molecule has 0 saturated carbocycles. The van der Waals surface area contributed by atoms with Crippen LogP contribution in [0.2, 0.25) is 0 Å². The van der Waals surface area contributed by atoms with Gasteiger partial charge in [0, 0.05) is 11.8 Å². The van der Waals surface area contributed by atoms with Crippen molar-refractivity contribution in [2.75, 3.05) is 6.61 Å². The summed E-state index contributed by atoms with van der Waals surface area (Å²) in [5.41, 5.74) is 1.73. The molecule has 0 aliphatic carbocycles. The van der Waals surface area contributed by atoms with Gasteiger partial charge in [0.1, 0.15) is 11.8 Å². The Morgan fingerprint density at radius 3 is 3.00 bits per heavy atom. The van der Waals surface area contributed by atoms with Crippen molar-refractivity contribution in [1.29, 1.82) is 0 Å². The van der Waals surface area contributed by atoms with E-state index in [4.69, 9.17) is 9.47 Å². The summed E-state index contributed by atoms with van der Waals surface area (Å²) in [4.78, 5) is 26.1. The van der Waals surface area contributed by atoms with Gasteiger partial charge in [0.25, 0.3) is 6.47 Å². The predicted octanol–water partition coefficient (Wildman–Crippen LogP) is 0.679. The average Bonchev–Trinajstić information content (AvgIpc) is 2.68. The van der Waals surface area contributed by atoms with Crippen LogP contribution in [-0.4, -0.2) is 33.6 Å². The van der Waals surface area contributed by atoms with E-state index in [2.05, 4.69) is 10.1 Å². The van der Waals surface area contributed by atoms with Crippen molar-refractivity contribution in [3.8, 4) is 5.75 Å². The molecule has 2 aromatic rings. The average molecular weight is 263 g/mol. The number of aromatic nitrogens is 3. The summed E-state index contributed by atoms with van der Waals surface area (Å²) in [5.74, 6) is -0.0635. The highest BCUT2D eigenvalue weighted by atomic mass is 16.5. The Morgan fingerprint density at radius 2 is 2.32 bits per heavy atom. The van der Waals surface area contributed by atoms with E-state index in [1.807, 2.05) is 6.92 Å². The van der Waals surface area contributed by atoms with E-state index in [9.17, 15) is 9.59 Å². The summed E-state index contributed by atoms with van der Waals surface area (Å²) < 4.78 is 11.3. The van der Waals surface area contributed by atoms with Crippen LogP contribution in [0.25, 0.3) is 5.52 Å². The molecule has 0 aliphatic heterocycles. The van der Waals surface area contributed by atoms with E-state index in [1.165, 1.54) is 6.33 Å². The number of esters is 1. The lowest BCUT2D eigenvalue weighted by molar-refractivity contribution is -0.142. The zero-order valence-corrected chi connectivity index (χ0v) is 10.6. The van der Waals surface area contributed by atoms with Gasteiger partial charge in [-0.15, -0.1) is 0 Å². The SMILES string of the molecule is CCOC(=O)Cc1ncnn2c(C)cc(OC=O)c12. The summed E-state index contributed by atoms with van der Waals surface area (Å²) in [6.07, 6.45) is 1.35. The van der Waals surface area contributed by atoms with Gasteiger partial charge in [-0.2, -0.15) is 5.10 Å². The molecule has 0 radical (unpaired) electrons. The first-order chi connectivity index (χ1) is 9.17. The Kier molecular flexibility index (Phi) is 3.74. The van der Waals surface area contributed by atoms with Crippen LogP contribution in [0, 0.1) is 6.92 Å². The van der Waals surface area contributed by atoms with Gasteiger partial charge in [-0.1, -0.05) is 0 Å². The summed E-state index contributed by atoms with van der Waals surface area (Å²) in [7, 11) is 0. The quantitative estimate of drug-likeness (QED) is 0.582. The zero-order valence-electron chi connectivity index (χ0n) is 10.6. The number of hydrogen-bond acceptors (Lipinski definition) is 6. The van der Waals surface area contributed by atoms with Crippen molar-refractivity contribution >= 4 is 18.0 Å². The summed E-state index contributed by atoms with van der Waals surface area (Å²) in [6, 6.07) is 1.66. The minimum atomic E-state index is -0.390. The van der Waals surface area contributed by atoms with E-state index in [1.54, 1.807) is 17.5 Å². The number of fused-ring (bicyclic) bond motifs is 1. The van der Waals surface area contributed by atoms with Crippen molar-refractivity contribution in [2.45, 2.75) is 20.3 Å². The van der Waals surface area contributed by atoms with Gasteiger partial charge in [-0.3, -0.25) is 9.59 Å². The van der Waals surface area contributed by atoms with Gasteiger partial charge in [0.05, 0.1) is 18.7 Å². The second-order valence-electron chi connectivity index (χ2n) is 3.81. The predicted molar refractivity (Wildman–Crippen MR) is 64.8 cm³/mol. The molecule has 19 heavy (non-hydrogen) atoms. The molecule has 100 valence electrons. The first kappa shape index (κ1) is 13.0. The third kappa shape index (κ3) is 2.54. The van der Waals surface area contributed by atoms with E-state index in [-0.39, 0.29) is 12.4 Å². The molecule has 0 N–H and O–H groups in total. The lowest BCUT2D eigenvalue weighted by Crippen LogP contribution is -2.11. The van der Waals surface area contributed by atoms with Crippen LogP contribution in [0.3, 0.4) is 0 Å².